The fourth-order valence-corrected chi connectivity index (χ4v) is 2.88. The maximum Gasteiger partial charge on any atom is 0.255 e. The molecule has 0 saturated carbocycles. The number of aromatic nitrogens is 3. The Balaban J connectivity index is 1.74. The monoisotopic (exact) mass is 326 g/mol. The molecule has 0 saturated heterocycles. The maximum atomic E-state index is 12.2. The number of nitrogens with zero attached hydrogens (tertiary/aromatic N) is 3. The van der Waals surface area contributed by atoms with E-state index >= 15 is 0 Å². The van der Waals surface area contributed by atoms with Gasteiger partial charge >= 0.3 is 0 Å². The van der Waals surface area contributed by atoms with Gasteiger partial charge in [-0.1, -0.05) is 0 Å². The quantitative estimate of drug-likeness (QED) is 0.769. The van der Waals surface area contributed by atoms with Gasteiger partial charge in [-0.2, -0.15) is 0 Å². The van der Waals surface area contributed by atoms with E-state index in [0.29, 0.717) is 0 Å². The summed E-state index contributed by atoms with van der Waals surface area (Å²) in [5, 5.41) is 15.2. The summed E-state index contributed by atoms with van der Waals surface area (Å²) in [6, 6.07) is 4.99. The molecule has 0 aliphatic rings. The predicted octanol–water partition coefficient (Wildman–Crippen LogP) is 2.80. The summed E-state index contributed by atoms with van der Waals surface area (Å²) >= 11 is 1.47. The first kappa shape index (κ1) is 15.1. The molecule has 1 amide bonds. The second-order valence-corrected chi connectivity index (χ2v) is 5.79. The lowest BCUT2D eigenvalue weighted by Gasteiger charge is -2.11. The Kier molecular flexibility index (Phi) is 4.29. The number of pyridine rings is 2. The summed E-state index contributed by atoms with van der Waals surface area (Å²) in [7, 11) is 0. The first-order chi connectivity index (χ1) is 11.1. The number of rotatable bonds is 4. The molecule has 0 unspecified atom stereocenters. The van der Waals surface area contributed by atoms with Crippen LogP contribution in [0.5, 0.6) is 5.75 Å². The number of nitrogens with one attached hydrogen (secondary N) is 1. The zero-order valence-corrected chi connectivity index (χ0v) is 13.1. The molecule has 0 radical (unpaired) electrons. The van der Waals surface area contributed by atoms with E-state index in [1.807, 2.05) is 24.4 Å². The van der Waals surface area contributed by atoms with Crippen molar-refractivity contribution in [2.75, 3.05) is 0 Å². The Hall–Kier alpha value is -2.80. The molecular weight excluding hydrogens is 312 g/mol. The third kappa shape index (κ3) is 3.35. The highest BCUT2D eigenvalue weighted by Crippen LogP contribution is 2.25. The van der Waals surface area contributed by atoms with Gasteiger partial charge in [0.05, 0.1) is 23.5 Å². The van der Waals surface area contributed by atoms with Crippen LogP contribution in [0.25, 0.3) is 11.3 Å². The fraction of sp³-hybridized carbons (Fsp3) is 0.125. The zero-order chi connectivity index (χ0) is 16.2. The molecule has 3 aromatic heterocycles. The minimum Gasteiger partial charge on any atom is -0.505 e. The molecule has 3 heterocycles. The van der Waals surface area contributed by atoms with Crippen molar-refractivity contribution >= 4 is 17.2 Å². The first-order valence-electron chi connectivity index (χ1n) is 6.95. The van der Waals surface area contributed by atoms with Crippen LogP contribution in [0.3, 0.4) is 0 Å². The van der Waals surface area contributed by atoms with Crippen LogP contribution in [0.1, 0.15) is 28.3 Å². The molecule has 0 aromatic carbocycles. The van der Waals surface area contributed by atoms with Crippen molar-refractivity contribution in [3.63, 3.8) is 0 Å². The van der Waals surface area contributed by atoms with Crippen LogP contribution in [-0.4, -0.2) is 26.0 Å². The molecule has 6 nitrogen and oxygen atoms in total. The zero-order valence-electron chi connectivity index (χ0n) is 12.3. The van der Waals surface area contributed by atoms with E-state index in [2.05, 4.69) is 20.3 Å². The third-order valence-corrected chi connectivity index (χ3v) is 4.27. The van der Waals surface area contributed by atoms with Crippen LogP contribution >= 0.6 is 11.3 Å². The molecule has 0 aliphatic heterocycles. The van der Waals surface area contributed by atoms with Gasteiger partial charge in [0.1, 0.15) is 10.8 Å². The van der Waals surface area contributed by atoms with Crippen LogP contribution in [0.15, 0.2) is 48.4 Å². The highest BCUT2D eigenvalue weighted by atomic mass is 32.1. The normalized spacial score (nSPS) is 11.9. The van der Waals surface area contributed by atoms with E-state index in [-0.39, 0.29) is 23.3 Å². The summed E-state index contributed by atoms with van der Waals surface area (Å²) < 4.78 is 0. The summed E-state index contributed by atoms with van der Waals surface area (Å²) in [5.74, 6) is -0.511. The molecule has 3 rings (SSSR count). The van der Waals surface area contributed by atoms with Gasteiger partial charge in [-0.3, -0.25) is 14.8 Å². The largest absolute Gasteiger partial charge is 0.505 e. The Morgan fingerprint density at radius 1 is 1.26 bits per heavy atom. The average Bonchev–Trinajstić information content (AvgIpc) is 3.06. The summed E-state index contributed by atoms with van der Waals surface area (Å²) in [5.41, 5.74) is 1.95. The predicted molar refractivity (Wildman–Crippen MR) is 87.1 cm³/mol. The maximum absolute atomic E-state index is 12.2. The van der Waals surface area contributed by atoms with E-state index in [1.165, 1.54) is 29.8 Å². The molecule has 3 aromatic rings. The van der Waals surface area contributed by atoms with Crippen LogP contribution < -0.4 is 5.32 Å². The SMILES string of the molecule is C[C@@H](NC(=O)c1ccncc1O)c1nc(-c2cccnc2)cs1. The van der Waals surface area contributed by atoms with Gasteiger partial charge < -0.3 is 10.4 Å². The molecule has 2 N–H and O–H groups in total. The lowest BCUT2D eigenvalue weighted by atomic mass is 10.2. The third-order valence-electron chi connectivity index (χ3n) is 3.24. The standard InChI is InChI=1S/C16H14N4O2S/c1-10(19-15(22)12-4-6-18-8-14(12)21)16-20-13(9-23-16)11-3-2-5-17-7-11/h2-10,21H,1H3,(H,19,22)/t10-/m1/s1. The van der Waals surface area contributed by atoms with Gasteiger partial charge in [0.15, 0.2) is 0 Å². The van der Waals surface area contributed by atoms with E-state index in [1.54, 1.807) is 12.4 Å². The molecular formula is C16H14N4O2S. The Morgan fingerprint density at radius 3 is 2.83 bits per heavy atom. The topological polar surface area (TPSA) is 88.0 Å². The van der Waals surface area contributed by atoms with E-state index in [9.17, 15) is 9.90 Å². The average molecular weight is 326 g/mol. The van der Waals surface area contributed by atoms with Gasteiger partial charge in [-0.15, -0.1) is 11.3 Å². The Labute approximate surface area is 136 Å². The van der Waals surface area contributed by atoms with Gasteiger partial charge in [0, 0.05) is 29.5 Å². The summed E-state index contributed by atoms with van der Waals surface area (Å²) in [6.45, 7) is 1.85. The number of thiazole rings is 1. The second-order valence-electron chi connectivity index (χ2n) is 4.90. The number of carbonyl (C=O) groups is 1. The highest BCUT2D eigenvalue weighted by molar-refractivity contribution is 7.10. The summed E-state index contributed by atoms with van der Waals surface area (Å²) in [6.07, 6.45) is 6.16. The minimum absolute atomic E-state index is 0.146. The van der Waals surface area contributed by atoms with Crippen LogP contribution in [0.2, 0.25) is 0 Å². The molecule has 0 spiro atoms. The van der Waals surface area contributed by atoms with Crippen molar-refractivity contribution < 1.29 is 9.90 Å². The Bertz CT molecular complexity index is 820. The van der Waals surface area contributed by atoms with Crippen LogP contribution in [0.4, 0.5) is 0 Å². The second kappa shape index (κ2) is 6.53. The van der Waals surface area contributed by atoms with Crippen molar-refractivity contribution in [3.8, 4) is 17.0 Å². The number of hydrogen-bond donors (Lipinski definition) is 2. The van der Waals surface area contributed by atoms with E-state index in [4.69, 9.17) is 0 Å². The minimum atomic E-state index is -0.365. The van der Waals surface area contributed by atoms with Crippen molar-refractivity contribution in [1.29, 1.82) is 0 Å². The van der Waals surface area contributed by atoms with Crippen LogP contribution in [-0.2, 0) is 0 Å². The summed E-state index contributed by atoms with van der Waals surface area (Å²) in [4.78, 5) is 24.6. The van der Waals surface area contributed by atoms with Crippen molar-refractivity contribution in [2.45, 2.75) is 13.0 Å². The molecule has 23 heavy (non-hydrogen) atoms. The Morgan fingerprint density at radius 2 is 2.09 bits per heavy atom. The lowest BCUT2D eigenvalue weighted by molar-refractivity contribution is 0.0937. The first-order valence-corrected chi connectivity index (χ1v) is 7.83. The molecule has 0 aliphatic carbocycles. The smallest absolute Gasteiger partial charge is 0.255 e. The molecule has 1 atom stereocenters. The number of amides is 1. The van der Waals surface area contributed by atoms with E-state index in [0.717, 1.165) is 16.3 Å². The van der Waals surface area contributed by atoms with Gasteiger partial charge in [-0.25, -0.2) is 4.98 Å². The highest BCUT2D eigenvalue weighted by Gasteiger charge is 2.17. The van der Waals surface area contributed by atoms with Gasteiger partial charge in [0.25, 0.3) is 5.91 Å². The fourth-order valence-electron chi connectivity index (χ4n) is 2.05. The molecule has 0 fully saturated rings. The van der Waals surface area contributed by atoms with Crippen molar-refractivity contribution in [3.05, 3.63) is 58.9 Å². The molecule has 116 valence electrons. The molecule has 0 bridgehead atoms. The number of aromatic hydroxyl groups is 1. The number of hydrogen-bond acceptors (Lipinski definition) is 6. The van der Waals surface area contributed by atoms with Crippen LogP contribution in [0, 0.1) is 0 Å². The van der Waals surface area contributed by atoms with Crippen molar-refractivity contribution in [1.82, 2.24) is 20.3 Å². The van der Waals surface area contributed by atoms with Gasteiger partial charge in [-0.05, 0) is 25.1 Å². The van der Waals surface area contributed by atoms with Crippen molar-refractivity contribution in [2.24, 2.45) is 0 Å². The number of carbonyl (C=O) groups excluding carboxylic acids is 1. The van der Waals surface area contributed by atoms with E-state index < -0.39 is 0 Å². The molecule has 7 heteroatoms. The van der Waals surface area contributed by atoms with Gasteiger partial charge in [0.2, 0.25) is 0 Å². The lowest BCUT2D eigenvalue weighted by Crippen LogP contribution is -2.26.